The third-order valence-corrected chi connectivity index (χ3v) is 3.03. The SMILES string of the molecule is COc1cc(C(=O)O)ccc1-c1ccc(F)c(C(F)(F)F)c1. The lowest BCUT2D eigenvalue weighted by Crippen LogP contribution is -2.08. The van der Waals surface area contributed by atoms with Crippen molar-refractivity contribution >= 4 is 5.97 Å². The van der Waals surface area contributed by atoms with Gasteiger partial charge in [0, 0.05) is 5.56 Å². The van der Waals surface area contributed by atoms with Gasteiger partial charge in [0.2, 0.25) is 0 Å². The summed E-state index contributed by atoms with van der Waals surface area (Å²) in [7, 11) is 1.26. The topological polar surface area (TPSA) is 46.5 Å². The summed E-state index contributed by atoms with van der Waals surface area (Å²) in [5.41, 5.74) is -1.16. The smallest absolute Gasteiger partial charge is 0.419 e. The van der Waals surface area contributed by atoms with Crippen LogP contribution in [0.25, 0.3) is 11.1 Å². The van der Waals surface area contributed by atoms with Crippen LogP contribution in [0.1, 0.15) is 15.9 Å². The van der Waals surface area contributed by atoms with Crippen LogP contribution in [0.5, 0.6) is 5.75 Å². The van der Waals surface area contributed by atoms with E-state index in [0.29, 0.717) is 12.1 Å². The molecule has 0 amide bonds. The molecule has 0 radical (unpaired) electrons. The maximum Gasteiger partial charge on any atom is 0.419 e. The van der Waals surface area contributed by atoms with E-state index in [4.69, 9.17) is 9.84 Å². The largest absolute Gasteiger partial charge is 0.496 e. The van der Waals surface area contributed by atoms with Crippen LogP contribution >= 0.6 is 0 Å². The number of ether oxygens (including phenoxy) is 1. The van der Waals surface area contributed by atoms with Crippen molar-refractivity contribution in [3.8, 4) is 16.9 Å². The Morgan fingerprint density at radius 3 is 2.36 bits per heavy atom. The number of halogens is 4. The molecule has 0 aliphatic heterocycles. The van der Waals surface area contributed by atoms with Crippen molar-refractivity contribution in [1.82, 2.24) is 0 Å². The Morgan fingerprint density at radius 1 is 1.14 bits per heavy atom. The predicted octanol–water partition coefficient (Wildman–Crippen LogP) is 4.22. The van der Waals surface area contributed by atoms with Gasteiger partial charge in [0.25, 0.3) is 0 Å². The van der Waals surface area contributed by atoms with Gasteiger partial charge >= 0.3 is 12.1 Å². The summed E-state index contributed by atoms with van der Waals surface area (Å²) in [6.45, 7) is 0. The quantitative estimate of drug-likeness (QED) is 0.863. The number of benzene rings is 2. The lowest BCUT2D eigenvalue weighted by atomic mass is 10.00. The fraction of sp³-hybridized carbons (Fsp3) is 0.133. The molecule has 2 aromatic carbocycles. The first-order valence-corrected chi connectivity index (χ1v) is 6.02. The highest BCUT2D eigenvalue weighted by atomic mass is 19.4. The lowest BCUT2D eigenvalue weighted by molar-refractivity contribution is -0.139. The zero-order valence-corrected chi connectivity index (χ0v) is 11.2. The maximum absolute atomic E-state index is 13.3. The number of hydrogen-bond acceptors (Lipinski definition) is 2. The molecular formula is C15H10F4O3. The highest BCUT2D eigenvalue weighted by molar-refractivity contribution is 5.89. The van der Waals surface area contributed by atoms with E-state index in [2.05, 4.69) is 0 Å². The van der Waals surface area contributed by atoms with Crippen LogP contribution < -0.4 is 4.74 Å². The van der Waals surface area contributed by atoms with Crippen LogP contribution in [0, 0.1) is 5.82 Å². The molecule has 3 nitrogen and oxygen atoms in total. The molecule has 2 aromatic rings. The van der Waals surface area contributed by atoms with E-state index < -0.39 is 23.5 Å². The monoisotopic (exact) mass is 314 g/mol. The Balaban J connectivity index is 2.59. The molecule has 0 spiro atoms. The molecular weight excluding hydrogens is 304 g/mol. The fourth-order valence-corrected chi connectivity index (χ4v) is 1.97. The summed E-state index contributed by atoms with van der Waals surface area (Å²) in [5, 5.41) is 8.90. The first kappa shape index (κ1) is 15.8. The van der Waals surface area contributed by atoms with E-state index in [0.717, 1.165) is 0 Å². The van der Waals surface area contributed by atoms with Gasteiger partial charge in [-0.25, -0.2) is 9.18 Å². The second-order valence-electron chi connectivity index (χ2n) is 4.41. The Morgan fingerprint density at radius 2 is 1.82 bits per heavy atom. The zero-order chi connectivity index (χ0) is 16.5. The van der Waals surface area contributed by atoms with Gasteiger partial charge in [0.15, 0.2) is 0 Å². The molecule has 7 heteroatoms. The minimum absolute atomic E-state index is 0.0706. The number of rotatable bonds is 3. The molecule has 0 heterocycles. The maximum atomic E-state index is 13.3. The van der Waals surface area contributed by atoms with Crippen molar-refractivity contribution < 1.29 is 32.2 Å². The highest BCUT2D eigenvalue weighted by Gasteiger charge is 2.34. The van der Waals surface area contributed by atoms with E-state index in [9.17, 15) is 22.4 Å². The van der Waals surface area contributed by atoms with Crippen molar-refractivity contribution in [2.45, 2.75) is 6.18 Å². The Kier molecular flexibility index (Phi) is 4.07. The molecule has 0 aliphatic carbocycles. The molecule has 1 N–H and O–H groups in total. The first-order valence-electron chi connectivity index (χ1n) is 6.02. The summed E-state index contributed by atoms with van der Waals surface area (Å²) in [4.78, 5) is 10.9. The van der Waals surface area contributed by atoms with Gasteiger partial charge in [0.1, 0.15) is 11.6 Å². The number of hydrogen-bond donors (Lipinski definition) is 1. The molecule has 0 saturated carbocycles. The zero-order valence-electron chi connectivity index (χ0n) is 11.2. The van der Waals surface area contributed by atoms with Crippen molar-refractivity contribution in [2.24, 2.45) is 0 Å². The van der Waals surface area contributed by atoms with Gasteiger partial charge in [0.05, 0.1) is 18.2 Å². The molecule has 2 rings (SSSR count). The number of aromatic carboxylic acids is 1. The molecule has 0 bridgehead atoms. The van der Waals surface area contributed by atoms with Gasteiger partial charge in [-0.05, 0) is 35.9 Å². The van der Waals surface area contributed by atoms with Crippen LogP contribution in [-0.4, -0.2) is 18.2 Å². The lowest BCUT2D eigenvalue weighted by Gasteiger charge is -2.13. The van der Waals surface area contributed by atoms with Gasteiger partial charge in [-0.3, -0.25) is 0 Å². The van der Waals surface area contributed by atoms with E-state index in [-0.39, 0.29) is 22.4 Å². The van der Waals surface area contributed by atoms with Crippen molar-refractivity contribution in [1.29, 1.82) is 0 Å². The van der Waals surface area contributed by atoms with Crippen molar-refractivity contribution in [3.05, 3.63) is 53.3 Å². The third-order valence-electron chi connectivity index (χ3n) is 3.03. The van der Waals surface area contributed by atoms with E-state index >= 15 is 0 Å². The Hall–Kier alpha value is -2.57. The predicted molar refractivity (Wildman–Crippen MR) is 70.3 cm³/mol. The second kappa shape index (κ2) is 5.67. The summed E-state index contributed by atoms with van der Waals surface area (Å²) in [6, 6.07) is 6.28. The van der Waals surface area contributed by atoms with Gasteiger partial charge in [-0.15, -0.1) is 0 Å². The molecule has 0 aromatic heterocycles. The Bertz CT molecular complexity index is 723. The molecule has 0 atom stereocenters. The van der Waals surface area contributed by atoms with E-state index in [1.807, 2.05) is 0 Å². The first-order chi connectivity index (χ1) is 10.2. The number of carboxylic acids is 1. The molecule has 0 fully saturated rings. The van der Waals surface area contributed by atoms with Gasteiger partial charge < -0.3 is 9.84 Å². The minimum atomic E-state index is -4.83. The summed E-state index contributed by atoms with van der Waals surface area (Å²) in [5.74, 6) is -2.49. The highest BCUT2D eigenvalue weighted by Crippen LogP contribution is 2.37. The third kappa shape index (κ3) is 3.03. The summed E-state index contributed by atoms with van der Waals surface area (Å²) in [6.07, 6.45) is -4.83. The average Bonchev–Trinajstić information content (AvgIpc) is 2.45. The van der Waals surface area contributed by atoms with Crippen LogP contribution in [0.15, 0.2) is 36.4 Å². The number of methoxy groups -OCH3 is 1. The number of alkyl halides is 3. The molecule has 0 aliphatic rings. The second-order valence-corrected chi connectivity index (χ2v) is 4.41. The normalized spacial score (nSPS) is 11.3. The van der Waals surface area contributed by atoms with Crippen LogP contribution in [-0.2, 0) is 6.18 Å². The molecule has 22 heavy (non-hydrogen) atoms. The standard InChI is InChI=1S/C15H10F4O3/c1-22-13-7-9(14(20)21)2-4-10(13)8-3-5-12(16)11(6-8)15(17,18)19/h2-7H,1H3,(H,20,21). The number of carbonyl (C=O) groups is 1. The molecule has 116 valence electrons. The van der Waals surface area contributed by atoms with Gasteiger partial charge in [-0.1, -0.05) is 6.07 Å². The van der Waals surface area contributed by atoms with E-state index in [1.165, 1.54) is 31.4 Å². The van der Waals surface area contributed by atoms with Crippen LogP contribution in [0.2, 0.25) is 0 Å². The fourth-order valence-electron chi connectivity index (χ4n) is 1.97. The number of carboxylic acid groups (broad SMARTS) is 1. The summed E-state index contributed by atoms with van der Waals surface area (Å²) >= 11 is 0. The molecule has 0 unspecified atom stereocenters. The van der Waals surface area contributed by atoms with Crippen molar-refractivity contribution in [2.75, 3.05) is 7.11 Å². The van der Waals surface area contributed by atoms with Crippen molar-refractivity contribution in [3.63, 3.8) is 0 Å². The van der Waals surface area contributed by atoms with Gasteiger partial charge in [-0.2, -0.15) is 13.2 Å². The average molecular weight is 314 g/mol. The van der Waals surface area contributed by atoms with Crippen LogP contribution in [0.4, 0.5) is 17.6 Å². The van der Waals surface area contributed by atoms with E-state index in [1.54, 1.807) is 0 Å². The summed E-state index contributed by atoms with van der Waals surface area (Å²) < 4.78 is 56.6. The van der Waals surface area contributed by atoms with Crippen LogP contribution in [0.3, 0.4) is 0 Å². The minimum Gasteiger partial charge on any atom is -0.496 e. The Labute approximate surface area is 122 Å². The molecule has 0 saturated heterocycles.